The quantitative estimate of drug-likeness (QED) is 0.598. The van der Waals surface area contributed by atoms with E-state index in [1.165, 1.54) is 6.26 Å². The third-order valence-corrected chi connectivity index (χ3v) is 5.59. The lowest BCUT2D eigenvalue weighted by molar-refractivity contribution is -0.133. The Labute approximate surface area is 191 Å². The molecule has 3 heterocycles. The van der Waals surface area contributed by atoms with E-state index in [0.29, 0.717) is 43.2 Å². The van der Waals surface area contributed by atoms with Gasteiger partial charge in [-0.25, -0.2) is 0 Å². The number of carbonyl (C=O) groups is 3. The fraction of sp³-hybridized carbons (Fsp3) is 0.250. The van der Waals surface area contributed by atoms with Crippen LogP contribution >= 0.6 is 0 Å². The lowest BCUT2D eigenvalue weighted by Crippen LogP contribution is -2.50. The number of hydrogen-bond acceptors (Lipinski definition) is 6. The summed E-state index contributed by atoms with van der Waals surface area (Å²) in [6, 6.07) is 13.1. The summed E-state index contributed by atoms with van der Waals surface area (Å²) < 4.78 is 5.16. The smallest absolute Gasteiger partial charge is 0.289 e. The number of benzene rings is 1. The summed E-state index contributed by atoms with van der Waals surface area (Å²) in [5.41, 5.74) is 8.19. The fourth-order valence-electron chi connectivity index (χ4n) is 3.67. The molecular formula is C24H25N5O4. The minimum Gasteiger partial charge on any atom is -0.459 e. The van der Waals surface area contributed by atoms with Crippen molar-refractivity contribution in [2.24, 2.45) is 5.73 Å². The van der Waals surface area contributed by atoms with Gasteiger partial charge in [-0.05, 0) is 42.0 Å². The molecule has 9 heteroatoms. The van der Waals surface area contributed by atoms with Crippen molar-refractivity contribution in [3.05, 3.63) is 84.1 Å². The van der Waals surface area contributed by atoms with Crippen LogP contribution in [-0.4, -0.2) is 58.7 Å². The predicted molar refractivity (Wildman–Crippen MR) is 121 cm³/mol. The molecule has 9 nitrogen and oxygen atoms in total. The van der Waals surface area contributed by atoms with Crippen LogP contribution < -0.4 is 11.1 Å². The van der Waals surface area contributed by atoms with Gasteiger partial charge in [-0.1, -0.05) is 12.1 Å². The number of carbonyl (C=O) groups excluding carboxylic acids is 3. The van der Waals surface area contributed by atoms with E-state index in [9.17, 15) is 14.4 Å². The number of hydrogen-bond donors (Lipinski definition) is 2. The highest BCUT2D eigenvalue weighted by molar-refractivity contribution is 6.04. The van der Waals surface area contributed by atoms with Gasteiger partial charge in [0.2, 0.25) is 5.91 Å². The summed E-state index contributed by atoms with van der Waals surface area (Å²) in [6.45, 7) is 1.79. The summed E-state index contributed by atoms with van der Waals surface area (Å²) >= 11 is 0. The van der Waals surface area contributed by atoms with E-state index in [1.54, 1.807) is 70.7 Å². The Balaban J connectivity index is 1.27. The molecule has 3 N–H and O–H groups in total. The van der Waals surface area contributed by atoms with Gasteiger partial charge < -0.3 is 25.3 Å². The fourth-order valence-corrected chi connectivity index (χ4v) is 3.67. The van der Waals surface area contributed by atoms with Gasteiger partial charge in [-0.3, -0.25) is 19.4 Å². The summed E-state index contributed by atoms with van der Waals surface area (Å²) in [6.07, 6.45) is 4.82. The number of anilines is 1. The minimum atomic E-state index is -0.488. The van der Waals surface area contributed by atoms with Crippen LogP contribution in [0.1, 0.15) is 38.9 Å². The van der Waals surface area contributed by atoms with Gasteiger partial charge in [0, 0.05) is 62.3 Å². The van der Waals surface area contributed by atoms with E-state index in [0.717, 1.165) is 5.56 Å². The second-order valence-electron chi connectivity index (χ2n) is 7.77. The first-order valence-electron chi connectivity index (χ1n) is 10.7. The van der Waals surface area contributed by atoms with Crippen LogP contribution in [0.15, 0.2) is 71.6 Å². The van der Waals surface area contributed by atoms with Gasteiger partial charge in [0.1, 0.15) is 0 Å². The van der Waals surface area contributed by atoms with Crippen LogP contribution in [0.4, 0.5) is 5.69 Å². The lowest BCUT2D eigenvalue weighted by Gasteiger charge is -2.34. The van der Waals surface area contributed by atoms with Crippen LogP contribution in [0.3, 0.4) is 0 Å². The molecule has 170 valence electrons. The Morgan fingerprint density at radius 2 is 1.64 bits per heavy atom. The SMILES string of the molecule is NC(CC(=O)N1CCN(C(=O)c2ccco2)CC1)c1ccc(C(=O)Nc2ccncc2)cc1. The Kier molecular flexibility index (Phi) is 6.80. The summed E-state index contributed by atoms with van der Waals surface area (Å²) in [7, 11) is 0. The first-order valence-corrected chi connectivity index (χ1v) is 10.7. The van der Waals surface area contributed by atoms with Gasteiger partial charge in [-0.2, -0.15) is 0 Å². The van der Waals surface area contributed by atoms with Crippen LogP contribution in [0, 0.1) is 0 Å². The number of nitrogens with two attached hydrogens (primary N) is 1. The Hall–Kier alpha value is -3.98. The first kappa shape index (κ1) is 22.2. The first-order chi connectivity index (χ1) is 16.0. The van der Waals surface area contributed by atoms with E-state index < -0.39 is 6.04 Å². The van der Waals surface area contributed by atoms with E-state index in [-0.39, 0.29) is 24.1 Å². The number of amides is 3. The second kappa shape index (κ2) is 10.1. The predicted octanol–water partition coefficient (Wildman–Crippen LogP) is 2.30. The monoisotopic (exact) mass is 447 g/mol. The number of pyridine rings is 1. The van der Waals surface area contributed by atoms with Crippen molar-refractivity contribution in [1.29, 1.82) is 0 Å². The summed E-state index contributed by atoms with van der Waals surface area (Å²) in [5.74, 6) is -0.168. The molecule has 1 aliphatic heterocycles. The maximum absolute atomic E-state index is 12.7. The topological polar surface area (TPSA) is 122 Å². The normalized spacial score (nSPS) is 14.6. The molecule has 1 fully saturated rings. The average molecular weight is 447 g/mol. The van der Waals surface area contributed by atoms with Crippen molar-refractivity contribution < 1.29 is 18.8 Å². The maximum atomic E-state index is 12.7. The van der Waals surface area contributed by atoms with Gasteiger partial charge in [0.15, 0.2) is 5.76 Å². The summed E-state index contributed by atoms with van der Waals surface area (Å²) in [5, 5.41) is 2.80. The van der Waals surface area contributed by atoms with Gasteiger partial charge >= 0.3 is 0 Å². The number of nitrogens with zero attached hydrogens (tertiary/aromatic N) is 3. The lowest BCUT2D eigenvalue weighted by atomic mass is 10.0. The molecule has 0 radical (unpaired) electrons. The highest BCUT2D eigenvalue weighted by Gasteiger charge is 2.27. The number of rotatable bonds is 6. The van der Waals surface area contributed by atoms with Gasteiger partial charge in [0.25, 0.3) is 11.8 Å². The van der Waals surface area contributed by atoms with Crippen molar-refractivity contribution in [2.45, 2.75) is 12.5 Å². The van der Waals surface area contributed by atoms with Crippen LogP contribution in [-0.2, 0) is 4.79 Å². The third kappa shape index (κ3) is 5.45. The van der Waals surface area contributed by atoms with Gasteiger partial charge in [0.05, 0.1) is 6.26 Å². The van der Waals surface area contributed by atoms with E-state index in [1.807, 2.05) is 0 Å². The largest absolute Gasteiger partial charge is 0.459 e. The molecule has 3 aromatic rings. The van der Waals surface area contributed by atoms with Crippen LogP contribution in [0.25, 0.3) is 0 Å². The van der Waals surface area contributed by atoms with Crippen molar-refractivity contribution in [1.82, 2.24) is 14.8 Å². The standard InChI is InChI=1S/C24H25N5O4/c25-20(17-3-5-18(6-4-17)23(31)27-19-7-9-26-10-8-19)16-22(30)28-11-13-29(14-12-28)24(32)21-2-1-15-33-21/h1-10,15,20H,11-14,16,25H2,(H,26,27,31). The molecule has 1 saturated heterocycles. The van der Waals surface area contributed by atoms with Crippen molar-refractivity contribution in [3.8, 4) is 0 Å². The molecule has 1 atom stereocenters. The van der Waals surface area contributed by atoms with E-state index >= 15 is 0 Å². The molecule has 1 unspecified atom stereocenters. The minimum absolute atomic E-state index is 0.0629. The van der Waals surface area contributed by atoms with Crippen LogP contribution in [0.2, 0.25) is 0 Å². The third-order valence-electron chi connectivity index (χ3n) is 5.59. The molecule has 0 bridgehead atoms. The van der Waals surface area contributed by atoms with Crippen molar-refractivity contribution in [3.63, 3.8) is 0 Å². The van der Waals surface area contributed by atoms with Crippen molar-refractivity contribution in [2.75, 3.05) is 31.5 Å². The molecule has 1 aromatic carbocycles. The second-order valence-corrected chi connectivity index (χ2v) is 7.77. The molecule has 0 saturated carbocycles. The molecule has 3 amide bonds. The number of nitrogens with one attached hydrogen (secondary N) is 1. The molecule has 2 aromatic heterocycles. The van der Waals surface area contributed by atoms with Crippen molar-refractivity contribution >= 4 is 23.4 Å². The molecule has 0 spiro atoms. The number of aromatic nitrogens is 1. The summed E-state index contributed by atoms with van der Waals surface area (Å²) in [4.78, 5) is 44.8. The zero-order chi connectivity index (χ0) is 23.2. The van der Waals surface area contributed by atoms with E-state index in [2.05, 4.69) is 10.3 Å². The highest BCUT2D eigenvalue weighted by atomic mass is 16.3. The van der Waals surface area contributed by atoms with Crippen LogP contribution in [0.5, 0.6) is 0 Å². The molecule has 33 heavy (non-hydrogen) atoms. The van der Waals surface area contributed by atoms with Gasteiger partial charge in [-0.15, -0.1) is 0 Å². The highest BCUT2D eigenvalue weighted by Crippen LogP contribution is 2.18. The molecule has 4 rings (SSSR count). The number of piperazine rings is 1. The number of furan rings is 1. The Morgan fingerprint density at radius 3 is 2.27 bits per heavy atom. The molecule has 0 aliphatic carbocycles. The maximum Gasteiger partial charge on any atom is 0.289 e. The zero-order valence-electron chi connectivity index (χ0n) is 18.0. The molecular weight excluding hydrogens is 422 g/mol. The zero-order valence-corrected chi connectivity index (χ0v) is 18.0. The Bertz CT molecular complexity index is 1090. The Morgan fingerprint density at radius 1 is 0.970 bits per heavy atom. The average Bonchev–Trinajstić information content (AvgIpc) is 3.39. The van der Waals surface area contributed by atoms with E-state index in [4.69, 9.17) is 10.2 Å². The molecule has 1 aliphatic rings.